The molecule has 6 nitrogen and oxygen atoms in total. The molecule has 0 atom stereocenters. The molecule has 7 heteroatoms. The SMILES string of the molecule is Cc1cc(-c2ccc(C#N)cc2)nc2ccc(CS(C)(=O)=O)cc12.O=CO. The lowest BCUT2D eigenvalue weighted by atomic mass is 10.0. The molecule has 0 spiro atoms. The zero-order valence-electron chi connectivity index (χ0n) is 14.9. The highest BCUT2D eigenvalue weighted by Gasteiger charge is 2.09. The number of pyridine rings is 1. The lowest BCUT2D eigenvalue weighted by molar-refractivity contribution is -0.122. The predicted octanol–water partition coefficient (Wildman–Crippen LogP) is 3.33. The molecule has 0 saturated carbocycles. The maximum Gasteiger partial charge on any atom is 0.290 e. The van der Waals surface area contributed by atoms with Gasteiger partial charge in [0.05, 0.1) is 28.6 Å². The number of benzene rings is 2. The summed E-state index contributed by atoms with van der Waals surface area (Å²) < 4.78 is 22.9. The van der Waals surface area contributed by atoms with E-state index in [4.69, 9.17) is 15.2 Å². The molecule has 2 aromatic carbocycles. The third kappa shape index (κ3) is 5.36. The molecular weight excluding hydrogens is 364 g/mol. The Morgan fingerprint density at radius 2 is 1.78 bits per heavy atom. The van der Waals surface area contributed by atoms with Crippen LogP contribution in [0.1, 0.15) is 16.7 Å². The molecule has 1 heterocycles. The topological polar surface area (TPSA) is 108 Å². The van der Waals surface area contributed by atoms with Gasteiger partial charge in [0, 0.05) is 17.2 Å². The number of nitriles is 1. The van der Waals surface area contributed by atoms with Crippen LogP contribution in [0.5, 0.6) is 0 Å². The van der Waals surface area contributed by atoms with Crippen LogP contribution in [0.2, 0.25) is 0 Å². The van der Waals surface area contributed by atoms with Crippen molar-refractivity contribution in [3.8, 4) is 17.3 Å². The van der Waals surface area contributed by atoms with Gasteiger partial charge >= 0.3 is 0 Å². The maximum atomic E-state index is 11.5. The first-order valence-corrected chi connectivity index (χ1v) is 10.00. The van der Waals surface area contributed by atoms with Crippen molar-refractivity contribution in [1.29, 1.82) is 5.26 Å². The molecule has 1 N–H and O–H groups in total. The van der Waals surface area contributed by atoms with E-state index in [1.54, 1.807) is 18.2 Å². The number of carboxylic acid groups (broad SMARTS) is 1. The second-order valence-corrected chi connectivity index (χ2v) is 8.18. The van der Waals surface area contributed by atoms with Crippen LogP contribution in [0.25, 0.3) is 22.2 Å². The van der Waals surface area contributed by atoms with Crippen LogP contribution < -0.4 is 0 Å². The first kappa shape index (κ1) is 20.1. The lowest BCUT2D eigenvalue weighted by Crippen LogP contribution is -2.01. The summed E-state index contributed by atoms with van der Waals surface area (Å²) in [5.74, 6) is 0.0275. The van der Waals surface area contributed by atoms with Crippen LogP contribution >= 0.6 is 0 Å². The number of hydrogen-bond acceptors (Lipinski definition) is 5. The lowest BCUT2D eigenvalue weighted by Gasteiger charge is -2.09. The Morgan fingerprint density at radius 3 is 2.33 bits per heavy atom. The van der Waals surface area contributed by atoms with Crippen LogP contribution in [0, 0.1) is 18.3 Å². The molecule has 0 unspecified atom stereocenters. The molecule has 138 valence electrons. The van der Waals surface area contributed by atoms with Crippen molar-refractivity contribution in [2.45, 2.75) is 12.7 Å². The molecule has 3 rings (SSSR count). The Kier molecular flexibility index (Phi) is 6.27. The van der Waals surface area contributed by atoms with Gasteiger partial charge in [-0.15, -0.1) is 0 Å². The summed E-state index contributed by atoms with van der Waals surface area (Å²) >= 11 is 0. The minimum Gasteiger partial charge on any atom is -0.483 e. The van der Waals surface area contributed by atoms with Gasteiger partial charge in [0.2, 0.25) is 0 Å². The van der Waals surface area contributed by atoms with Crippen LogP contribution in [0.3, 0.4) is 0 Å². The summed E-state index contributed by atoms with van der Waals surface area (Å²) in [6.45, 7) is 1.74. The van der Waals surface area contributed by atoms with Crippen molar-refractivity contribution < 1.29 is 18.3 Å². The van der Waals surface area contributed by atoms with Crippen molar-refractivity contribution >= 4 is 27.2 Å². The van der Waals surface area contributed by atoms with E-state index in [1.165, 1.54) is 6.26 Å². The third-order valence-corrected chi connectivity index (χ3v) is 4.68. The number of nitrogens with zero attached hydrogens (tertiary/aromatic N) is 2. The minimum atomic E-state index is -3.06. The van der Waals surface area contributed by atoms with Crippen LogP contribution in [0.4, 0.5) is 0 Å². The largest absolute Gasteiger partial charge is 0.483 e. The van der Waals surface area contributed by atoms with Crippen molar-refractivity contribution in [3.05, 3.63) is 65.2 Å². The normalized spacial score (nSPS) is 10.6. The molecule has 0 amide bonds. The summed E-state index contributed by atoms with van der Waals surface area (Å²) in [6.07, 6.45) is 1.23. The summed E-state index contributed by atoms with van der Waals surface area (Å²) in [7, 11) is -3.06. The standard InChI is InChI=1S/C19H16N2O2S.CH2O2/c1-13-9-19(16-6-3-14(11-20)4-7-16)21-18-8-5-15(10-17(13)18)12-24(2,22)23;2-1-3/h3-10H,12H2,1-2H3;1H,(H,2,3). The highest BCUT2D eigenvalue weighted by Crippen LogP contribution is 2.26. The Labute approximate surface area is 157 Å². The van der Waals surface area contributed by atoms with E-state index in [-0.39, 0.29) is 12.2 Å². The molecular formula is C20H18N2O4S. The predicted molar refractivity (Wildman–Crippen MR) is 104 cm³/mol. The van der Waals surface area contributed by atoms with Crippen LogP contribution in [-0.4, -0.2) is 31.2 Å². The van der Waals surface area contributed by atoms with Gasteiger partial charge in [-0.05, 0) is 48.4 Å². The number of sulfone groups is 1. The number of aryl methyl sites for hydroxylation is 1. The number of fused-ring (bicyclic) bond motifs is 1. The molecule has 3 aromatic rings. The zero-order valence-corrected chi connectivity index (χ0v) is 15.7. The third-order valence-electron chi connectivity index (χ3n) is 3.82. The number of aromatic nitrogens is 1. The van der Waals surface area contributed by atoms with Crippen molar-refractivity contribution in [2.75, 3.05) is 6.26 Å². The molecule has 0 bridgehead atoms. The molecule has 0 radical (unpaired) electrons. The van der Waals surface area contributed by atoms with Gasteiger partial charge in [-0.25, -0.2) is 13.4 Å². The summed E-state index contributed by atoms with van der Waals surface area (Å²) in [5.41, 5.74) is 5.02. The number of rotatable bonds is 3. The Morgan fingerprint density at radius 1 is 1.15 bits per heavy atom. The number of hydrogen-bond donors (Lipinski definition) is 1. The van der Waals surface area contributed by atoms with Crippen LogP contribution in [-0.2, 0) is 20.4 Å². The van der Waals surface area contributed by atoms with E-state index < -0.39 is 9.84 Å². The number of carbonyl (C=O) groups is 1. The smallest absolute Gasteiger partial charge is 0.290 e. The maximum absolute atomic E-state index is 11.5. The second kappa shape index (κ2) is 8.43. The Bertz CT molecular complexity index is 1120. The van der Waals surface area contributed by atoms with Gasteiger partial charge in [-0.2, -0.15) is 5.26 Å². The van der Waals surface area contributed by atoms with E-state index >= 15 is 0 Å². The van der Waals surface area contributed by atoms with E-state index in [1.807, 2.05) is 37.3 Å². The summed E-state index contributed by atoms with van der Waals surface area (Å²) in [5, 5.41) is 16.7. The minimum absolute atomic E-state index is 0.0275. The van der Waals surface area contributed by atoms with Gasteiger partial charge in [0.25, 0.3) is 6.47 Å². The van der Waals surface area contributed by atoms with Gasteiger partial charge in [0.1, 0.15) is 0 Å². The molecule has 0 aliphatic rings. The average molecular weight is 382 g/mol. The highest BCUT2D eigenvalue weighted by molar-refractivity contribution is 7.89. The first-order valence-electron chi connectivity index (χ1n) is 7.94. The Hall–Kier alpha value is -3.24. The molecule has 0 saturated heterocycles. The summed E-state index contributed by atoms with van der Waals surface area (Å²) in [4.78, 5) is 13.0. The molecule has 0 aliphatic carbocycles. The fraction of sp³-hybridized carbons (Fsp3) is 0.150. The van der Waals surface area contributed by atoms with E-state index in [0.29, 0.717) is 5.56 Å². The molecule has 0 fully saturated rings. The quantitative estimate of drug-likeness (QED) is 0.696. The fourth-order valence-corrected chi connectivity index (χ4v) is 3.48. The van der Waals surface area contributed by atoms with Crippen molar-refractivity contribution in [3.63, 3.8) is 0 Å². The first-order chi connectivity index (χ1) is 12.8. The van der Waals surface area contributed by atoms with E-state index in [2.05, 4.69) is 11.1 Å². The van der Waals surface area contributed by atoms with E-state index in [0.717, 1.165) is 33.3 Å². The zero-order chi connectivity index (χ0) is 20.0. The highest BCUT2D eigenvalue weighted by atomic mass is 32.2. The Balaban J connectivity index is 0.000000817. The van der Waals surface area contributed by atoms with Gasteiger partial charge in [-0.1, -0.05) is 18.2 Å². The average Bonchev–Trinajstić information content (AvgIpc) is 2.61. The second-order valence-electron chi connectivity index (χ2n) is 6.04. The summed E-state index contributed by atoms with van der Waals surface area (Å²) in [6, 6.07) is 16.9. The van der Waals surface area contributed by atoms with Crippen molar-refractivity contribution in [1.82, 2.24) is 4.98 Å². The van der Waals surface area contributed by atoms with E-state index in [9.17, 15) is 8.42 Å². The van der Waals surface area contributed by atoms with Gasteiger partial charge < -0.3 is 5.11 Å². The van der Waals surface area contributed by atoms with Crippen LogP contribution in [0.15, 0.2) is 48.5 Å². The van der Waals surface area contributed by atoms with Gasteiger partial charge in [-0.3, -0.25) is 4.79 Å². The van der Waals surface area contributed by atoms with Crippen molar-refractivity contribution in [2.24, 2.45) is 0 Å². The molecule has 0 aliphatic heterocycles. The fourth-order valence-electron chi connectivity index (χ4n) is 2.70. The monoisotopic (exact) mass is 382 g/mol. The van der Waals surface area contributed by atoms with Gasteiger partial charge in [0.15, 0.2) is 9.84 Å². The molecule has 1 aromatic heterocycles. The molecule has 27 heavy (non-hydrogen) atoms.